The van der Waals surface area contributed by atoms with Crippen LogP contribution in [0.15, 0.2) is 12.5 Å². The highest BCUT2D eigenvalue weighted by atomic mass is 15.1. The minimum atomic E-state index is 0.687. The summed E-state index contributed by atoms with van der Waals surface area (Å²) in [7, 11) is 0. The molecule has 2 rings (SSSR count). The summed E-state index contributed by atoms with van der Waals surface area (Å²) in [6.07, 6.45) is 10.6. The van der Waals surface area contributed by atoms with Gasteiger partial charge in [-0.25, -0.2) is 4.98 Å². The van der Waals surface area contributed by atoms with Gasteiger partial charge in [0, 0.05) is 18.8 Å². The molecule has 3 heteroatoms. The zero-order valence-corrected chi connectivity index (χ0v) is 11.2. The Morgan fingerprint density at radius 3 is 2.82 bits per heavy atom. The predicted molar refractivity (Wildman–Crippen MR) is 70.9 cm³/mol. The molecule has 1 saturated carbocycles. The van der Waals surface area contributed by atoms with Crippen LogP contribution < -0.4 is 5.32 Å². The largest absolute Gasteiger partial charge is 0.330 e. The second kappa shape index (κ2) is 6.20. The first-order valence-electron chi connectivity index (χ1n) is 7.02. The summed E-state index contributed by atoms with van der Waals surface area (Å²) >= 11 is 0. The van der Waals surface area contributed by atoms with Crippen LogP contribution in [-0.4, -0.2) is 16.1 Å². The van der Waals surface area contributed by atoms with Crippen LogP contribution in [0.4, 0.5) is 0 Å². The number of imidazole rings is 1. The van der Waals surface area contributed by atoms with Crippen LogP contribution in [0.25, 0.3) is 0 Å². The van der Waals surface area contributed by atoms with Gasteiger partial charge in [-0.15, -0.1) is 0 Å². The molecule has 1 fully saturated rings. The molecule has 0 spiro atoms. The Labute approximate surface area is 105 Å². The fourth-order valence-corrected chi connectivity index (χ4v) is 2.71. The first-order chi connectivity index (χ1) is 8.31. The minimum absolute atomic E-state index is 0.687. The van der Waals surface area contributed by atoms with Crippen molar-refractivity contribution in [2.24, 2.45) is 5.92 Å². The molecule has 0 atom stereocenters. The van der Waals surface area contributed by atoms with Gasteiger partial charge in [0.25, 0.3) is 0 Å². The summed E-state index contributed by atoms with van der Waals surface area (Å²) < 4.78 is 2.40. The van der Waals surface area contributed by atoms with Crippen molar-refractivity contribution in [2.45, 2.75) is 58.5 Å². The van der Waals surface area contributed by atoms with Crippen LogP contribution >= 0.6 is 0 Å². The third-order valence-electron chi connectivity index (χ3n) is 3.86. The van der Waals surface area contributed by atoms with Gasteiger partial charge in [0.2, 0.25) is 0 Å². The first kappa shape index (κ1) is 12.6. The van der Waals surface area contributed by atoms with Crippen molar-refractivity contribution < 1.29 is 0 Å². The summed E-state index contributed by atoms with van der Waals surface area (Å²) in [4.78, 5) is 4.32. The van der Waals surface area contributed by atoms with Gasteiger partial charge < -0.3 is 9.88 Å². The SMILES string of the molecule is CCCNCc1cncn1C1CCC(C)CC1. The van der Waals surface area contributed by atoms with E-state index in [2.05, 4.69) is 28.7 Å². The number of hydrogen-bond donors (Lipinski definition) is 1. The number of rotatable bonds is 5. The van der Waals surface area contributed by atoms with E-state index in [0.717, 1.165) is 19.0 Å². The Morgan fingerprint density at radius 2 is 2.12 bits per heavy atom. The Morgan fingerprint density at radius 1 is 1.35 bits per heavy atom. The molecule has 0 radical (unpaired) electrons. The fourth-order valence-electron chi connectivity index (χ4n) is 2.71. The standard InChI is InChI=1S/C14H25N3/c1-3-8-15-9-14-10-16-11-17(14)13-6-4-12(2)5-7-13/h10-13,15H,3-9H2,1-2H3. The summed E-state index contributed by atoms with van der Waals surface area (Å²) in [6.45, 7) is 6.62. The quantitative estimate of drug-likeness (QED) is 0.795. The highest BCUT2D eigenvalue weighted by molar-refractivity contribution is 5.00. The van der Waals surface area contributed by atoms with E-state index in [4.69, 9.17) is 0 Å². The highest BCUT2D eigenvalue weighted by Gasteiger charge is 2.20. The van der Waals surface area contributed by atoms with Crippen molar-refractivity contribution in [1.82, 2.24) is 14.9 Å². The van der Waals surface area contributed by atoms with E-state index in [-0.39, 0.29) is 0 Å². The van der Waals surface area contributed by atoms with Crippen molar-refractivity contribution in [3.8, 4) is 0 Å². The monoisotopic (exact) mass is 235 g/mol. The van der Waals surface area contributed by atoms with Crippen molar-refractivity contribution in [1.29, 1.82) is 0 Å². The highest BCUT2D eigenvalue weighted by Crippen LogP contribution is 2.32. The average molecular weight is 235 g/mol. The third-order valence-corrected chi connectivity index (χ3v) is 3.86. The molecule has 1 aromatic heterocycles. The Hall–Kier alpha value is -0.830. The second-order valence-electron chi connectivity index (χ2n) is 5.38. The van der Waals surface area contributed by atoms with Gasteiger partial charge in [0.15, 0.2) is 0 Å². The lowest BCUT2D eigenvalue weighted by atomic mass is 9.87. The van der Waals surface area contributed by atoms with Crippen LogP contribution in [0.3, 0.4) is 0 Å². The molecule has 1 aromatic rings. The molecular weight excluding hydrogens is 210 g/mol. The van der Waals surface area contributed by atoms with Gasteiger partial charge in [-0.05, 0) is 44.6 Å². The third kappa shape index (κ3) is 3.32. The van der Waals surface area contributed by atoms with Crippen molar-refractivity contribution in [3.05, 3.63) is 18.2 Å². The zero-order chi connectivity index (χ0) is 12.1. The maximum atomic E-state index is 4.32. The maximum Gasteiger partial charge on any atom is 0.0951 e. The van der Waals surface area contributed by atoms with E-state index in [9.17, 15) is 0 Å². The van der Waals surface area contributed by atoms with Gasteiger partial charge in [0.05, 0.1) is 12.0 Å². The molecule has 1 aliphatic rings. The van der Waals surface area contributed by atoms with Crippen LogP contribution in [0.1, 0.15) is 57.7 Å². The molecule has 1 heterocycles. The number of nitrogens with zero attached hydrogens (tertiary/aromatic N) is 2. The van der Waals surface area contributed by atoms with Gasteiger partial charge in [-0.1, -0.05) is 13.8 Å². The molecule has 17 heavy (non-hydrogen) atoms. The van der Waals surface area contributed by atoms with E-state index in [1.54, 1.807) is 0 Å². The molecule has 0 amide bonds. The van der Waals surface area contributed by atoms with Crippen LogP contribution in [0, 0.1) is 5.92 Å². The van der Waals surface area contributed by atoms with Crippen molar-refractivity contribution in [2.75, 3.05) is 6.54 Å². The van der Waals surface area contributed by atoms with Gasteiger partial charge >= 0.3 is 0 Å². The zero-order valence-electron chi connectivity index (χ0n) is 11.2. The van der Waals surface area contributed by atoms with Crippen LogP contribution in [-0.2, 0) is 6.54 Å². The summed E-state index contributed by atoms with van der Waals surface area (Å²) in [5, 5.41) is 3.46. The van der Waals surface area contributed by atoms with Gasteiger partial charge in [-0.2, -0.15) is 0 Å². The molecule has 1 aliphatic carbocycles. The molecule has 96 valence electrons. The first-order valence-corrected chi connectivity index (χ1v) is 7.02. The van der Waals surface area contributed by atoms with E-state index >= 15 is 0 Å². The Bertz CT molecular complexity index is 324. The summed E-state index contributed by atoms with van der Waals surface area (Å²) in [5.74, 6) is 0.913. The Balaban J connectivity index is 1.93. The smallest absolute Gasteiger partial charge is 0.0951 e. The second-order valence-corrected chi connectivity index (χ2v) is 5.38. The average Bonchev–Trinajstić information content (AvgIpc) is 2.79. The Kier molecular flexibility index (Phi) is 4.60. The van der Waals surface area contributed by atoms with Crippen LogP contribution in [0.5, 0.6) is 0 Å². The van der Waals surface area contributed by atoms with Crippen LogP contribution in [0.2, 0.25) is 0 Å². The topological polar surface area (TPSA) is 29.9 Å². The van der Waals surface area contributed by atoms with E-state index in [1.165, 1.54) is 37.8 Å². The normalized spacial score (nSPS) is 25.1. The minimum Gasteiger partial charge on any atom is -0.330 e. The molecule has 3 nitrogen and oxygen atoms in total. The molecule has 0 aliphatic heterocycles. The molecule has 0 aromatic carbocycles. The molecule has 1 N–H and O–H groups in total. The lowest BCUT2D eigenvalue weighted by molar-refractivity contribution is 0.284. The van der Waals surface area contributed by atoms with E-state index in [0.29, 0.717) is 6.04 Å². The molecular formula is C14H25N3. The number of nitrogens with one attached hydrogen (secondary N) is 1. The van der Waals surface area contributed by atoms with Gasteiger partial charge in [-0.3, -0.25) is 0 Å². The summed E-state index contributed by atoms with van der Waals surface area (Å²) in [6, 6.07) is 0.687. The van der Waals surface area contributed by atoms with E-state index < -0.39 is 0 Å². The van der Waals surface area contributed by atoms with E-state index in [1.807, 2.05) is 12.5 Å². The predicted octanol–water partition coefficient (Wildman–Crippen LogP) is 3.13. The number of hydrogen-bond acceptors (Lipinski definition) is 2. The molecule has 0 saturated heterocycles. The summed E-state index contributed by atoms with van der Waals surface area (Å²) in [5.41, 5.74) is 1.35. The molecule has 0 unspecified atom stereocenters. The lowest BCUT2D eigenvalue weighted by Gasteiger charge is -2.28. The molecule has 0 bridgehead atoms. The van der Waals surface area contributed by atoms with Crippen molar-refractivity contribution >= 4 is 0 Å². The van der Waals surface area contributed by atoms with Crippen molar-refractivity contribution in [3.63, 3.8) is 0 Å². The maximum absolute atomic E-state index is 4.32. The lowest BCUT2D eigenvalue weighted by Crippen LogP contribution is -2.21. The fraction of sp³-hybridized carbons (Fsp3) is 0.786. The van der Waals surface area contributed by atoms with Gasteiger partial charge in [0.1, 0.15) is 0 Å². The number of aromatic nitrogens is 2.